The van der Waals surface area contributed by atoms with Gasteiger partial charge < -0.3 is 14.8 Å². The van der Waals surface area contributed by atoms with Gasteiger partial charge in [0.15, 0.2) is 0 Å². The molecule has 0 fully saturated rings. The average molecular weight is 634 g/mol. The van der Waals surface area contributed by atoms with E-state index < -0.39 is 0 Å². The fourth-order valence-corrected chi connectivity index (χ4v) is 5.08. The number of carbonyl (C=O) groups is 1. The lowest BCUT2D eigenvalue weighted by Crippen LogP contribution is -2.30. The summed E-state index contributed by atoms with van der Waals surface area (Å²) in [5, 5.41) is 15.0. The van der Waals surface area contributed by atoms with Gasteiger partial charge in [-0.1, -0.05) is 89.7 Å². The summed E-state index contributed by atoms with van der Waals surface area (Å²) in [6.45, 7) is 16.9. The largest absolute Gasteiger partial charge is 0.494 e. The van der Waals surface area contributed by atoms with Crippen molar-refractivity contribution in [3.8, 4) is 5.75 Å². The third kappa shape index (κ3) is 10.8. The summed E-state index contributed by atoms with van der Waals surface area (Å²) < 4.78 is 10.9. The predicted octanol–water partition coefficient (Wildman–Crippen LogP) is 11.5. The van der Waals surface area contributed by atoms with E-state index in [-0.39, 0.29) is 16.8 Å². The number of ether oxygens (including phenoxy) is 2. The van der Waals surface area contributed by atoms with Crippen LogP contribution in [0.2, 0.25) is 0 Å². The molecule has 4 aromatic carbocycles. The zero-order valence-corrected chi connectivity index (χ0v) is 28.9. The van der Waals surface area contributed by atoms with Crippen molar-refractivity contribution in [1.82, 2.24) is 0 Å². The molecule has 0 heterocycles. The van der Waals surface area contributed by atoms with Crippen molar-refractivity contribution in [3.05, 3.63) is 109 Å². The molecule has 0 radical (unpaired) electrons. The quantitative estimate of drug-likeness (QED) is 0.0543. The molecule has 0 bridgehead atoms. The zero-order valence-electron chi connectivity index (χ0n) is 28.9. The Morgan fingerprint density at radius 3 is 2.11 bits per heavy atom. The van der Waals surface area contributed by atoms with Crippen molar-refractivity contribution in [1.29, 1.82) is 0 Å². The number of nitrogens with one attached hydrogen (secondary N) is 1. The number of rotatable bonds is 17. The molecule has 0 amide bonds. The minimum Gasteiger partial charge on any atom is -0.494 e. The van der Waals surface area contributed by atoms with E-state index in [1.807, 2.05) is 24.3 Å². The number of aryl methyl sites for hydroxylation is 1. The third-order valence-electron chi connectivity index (χ3n) is 9.30. The molecule has 0 atom stereocenters. The minimum absolute atomic E-state index is 0.266. The number of fused-ring (bicyclic) bond motifs is 1. The first-order valence-corrected chi connectivity index (χ1v) is 16.8. The summed E-state index contributed by atoms with van der Waals surface area (Å²) in [5.41, 5.74) is 5.79. The Balaban J connectivity index is 1.27. The summed E-state index contributed by atoms with van der Waals surface area (Å²) in [6.07, 6.45) is 7.25. The molecule has 4 rings (SSSR count). The lowest BCUT2D eigenvalue weighted by molar-refractivity contribution is -0.137. The fourth-order valence-electron chi connectivity index (χ4n) is 5.08. The number of benzene rings is 4. The number of hydrogen-bond acceptors (Lipinski definition) is 6. The normalized spacial score (nSPS) is 11.9. The lowest BCUT2D eigenvalue weighted by Gasteiger charge is -2.39. The Kier molecular flexibility index (Phi) is 12.7. The van der Waals surface area contributed by atoms with E-state index in [0.29, 0.717) is 19.8 Å². The Hall–Kier alpha value is -4.45. The third-order valence-corrected chi connectivity index (χ3v) is 9.30. The van der Waals surface area contributed by atoms with Gasteiger partial charge >= 0.3 is 5.97 Å². The molecule has 6 heteroatoms. The second kappa shape index (κ2) is 16.9. The van der Waals surface area contributed by atoms with Crippen LogP contribution in [0.3, 0.4) is 0 Å². The number of hydrogen-bond donors (Lipinski definition) is 1. The van der Waals surface area contributed by atoms with Crippen LogP contribution in [-0.4, -0.2) is 19.2 Å². The van der Waals surface area contributed by atoms with E-state index in [4.69, 9.17) is 9.47 Å². The predicted molar refractivity (Wildman–Crippen MR) is 195 cm³/mol. The first-order chi connectivity index (χ1) is 22.6. The maximum Gasteiger partial charge on any atom is 0.330 e. The Bertz CT molecular complexity index is 1620. The van der Waals surface area contributed by atoms with Gasteiger partial charge in [-0.05, 0) is 96.9 Å². The number of carbonyl (C=O) groups excluding carboxylic acids is 1. The van der Waals surface area contributed by atoms with Crippen LogP contribution < -0.4 is 10.1 Å². The summed E-state index contributed by atoms with van der Waals surface area (Å²) in [6, 6.07) is 29.1. The van der Waals surface area contributed by atoms with Gasteiger partial charge in [-0.15, -0.1) is 5.11 Å². The second-order valence-electron chi connectivity index (χ2n) is 13.8. The van der Waals surface area contributed by atoms with Gasteiger partial charge in [0.25, 0.3) is 0 Å². The summed E-state index contributed by atoms with van der Waals surface area (Å²) in [7, 11) is 0. The first kappa shape index (κ1) is 35.4. The second-order valence-corrected chi connectivity index (χ2v) is 13.8. The molecule has 0 aromatic heterocycles. The molecule has 0 saturated heterocycles. The van der Waals surface area contributed by atoms with Gasteiger partial charge in [0.2, 0.25) is 0 Å². The fraction of sp³-hybridized carbons (Fsp3) is 0.390. The van der Waals surface area contributed by atoms with E-state index in [2.05, 4.69) is 117 Å². The summed E-state index contributed by atoms with van der Waals surface area (Å²) in [4.78, 5) is 11.1. The molecule has 6 nitrogen and oxygen atoms in total. The van der Waals surface area contributed by atoms with Crippen LogP contribution in [0.5, 0.6) is 5.75 Å². The molecule has 47 heavy (non-hydrogen) atoms. The van der Waals surface area contributed by atoms with E-state index in [1.165, 1.54) is 17.2 Å². The van der Waals surface area contributed by atoms with Crippen LogP contribution in [0.4, 0.5) is 17.1 Å². The van der Waals surface area contributed by atoms with Crippen LogP contribution in [0.1, 0.15) is 77.8 Å². The van der Waals surface area contributed by atoms with Crippen LogP contribution in [0.25, 0.3) is 10.8 Å². The van der Waals surface area contributed by atoms with Gasteiger partial charge in [-0.3, -0.25) is 0 Å². The van der Waals surface area contributed by atoms with Gasteiger partial charge in [-0.2, -0.15) is 5.11 Å². The van der Waals surface area contributed by atoms with Crippen molar-refractivity contribution in [3.63, 3.8) is 0 Å². The topological polar surface area (TPSA) is 72.3 Å². The maximum absolute atomic E-state index is 11.1. The Morgan fingerprint density at radius 2 is 1.43 bits per heavy atom. The minimum atomic E-state index is -0.361. The highest BCUT2D eigenvalue weighted by Crippen LogP contribution is 2.41. The van der Waals surface area contributed by atoms with Crippen molar-refractivity contribution in [2.75, 3.05) is 18.5 Å². The van der Waals surface area contributed by atoms with Crippen molar-refractivity contribution in [2.45, 2.75) is 79.7 Å². The molecule has 0 aliphatic heterocycles. The van der Waals surface area contributed by atoms with Crippen LogP contribution in [0.15, 0.2) is 108 Å². The van der Waals surface area contributed by atoms with Crippen LogP contribution in [0, 0.1) is 10.8 Å². The van der Waals surface area contributed by atoms with E-state index in [9.17, 15) is 4.79 Å². The first-order valence-electron chi connectivity index (χ1n) is 16.8. The van der Waals surface area contributed by atoms with Gasteiger partial charge in [0.1, 0.15) is 5.75 Å². The SMILES string of the molecule is C=CC(=O)OCCCCCCOc1ccc(CNc2ccc(/N=N/c3ccc(CCC(C)(C)C(C)(C)C)cc3)c3ccccc23)cc1. The summed E-state index contributed by atoms with van der Waals surface area (Å²) in [5.74, 6) is 0.508. The number of nitrogens with zero attached hydrogens (tertiary/aromatic N) is 2. The number of esters is 1. The smallest absolute Gasteiger partial charge is 0.330 e. The molecular weight excluding hydrogens is 582 g/mol. The van der Waals surface area contributed by atoms with Gasteiger partial charge in [0.05, 0.1) is 24.6 Å². The van der Waals surface area contributed by atoms with Gasteiger partial charge in [0, 0.05) is 29.1 Å². The van der Waals surface area contributed by atoms with Crippen LogP contribution >= 0.6 is 0 Å². The van der Waals surface area contributed by atoms with E-state index in [1.54, 1.807) is 0 Å². The highest BCUT2D eigenvalue weighted by atomic mass is 16.5. The van der Waals surface area contributed by atoms with Gasteiger partial charge in [-0.25, -0.2) is 4.79 Å². The van der Waals surface area contributed by atoms with Crippen LogP contribution in [-0.2, 0) is 22.5 Å². The molecule has 248 valence electrons. The molecule has 4 aromatic rings. The van der Waals surface area contributed by atoms with E-state index >= 15 is 0 Å². The Morgan fingerprint density at radius 1 is 0.766 bits per heavy atom. The summed E-state index contributed by atoms with van der Waals surface area (Å²) >= 11 is 0. The molecule has 0 unspecified atom stereocenters. The lowest BCUT2D eigenvalue weighted by atomic mass is 9.66. The van der Waals surface area contributed by atoms with Crippen molar-refractivity contribution in [2.24, 2.45) is 21.1 Å². The average Bonchev–Trinajstić information content (AvgIpc) is 3.07. The molecule has 0 spiro atoms. The molecule has 1 N–H and O–H groups in total. The number of unbranched alkanes of at least 4 members (excludes halogenated alkanes) is 3. The maximum atomic E-state index is 11.1. The highest BCUT2D eigenvalue weighted by molar-refractivity contribution is 6.00. The molecule has 0 saturated carbocycles. The zero-order chi connectivity index (χ0) is 33.7. The molecule has 0 aliphatic rings. The monoisotopic (exact) mass is 633 g/mol. The molecule has 0 aliphatic carbocycles. The number of anilines is 1. The van der Waals surface area contributed by atoms with Crippen molar-refractivity contribution >= 4 is 33.8 Å². The standard InChI is InChI=1S/C41H51N3O3/c1-7-39(45)47-29-13-9-8-12-28-46-34-22-18-32(19-23-34)30-42-37-24-25-38(36-15-11-10-14-35(36)37)44-43-33-20-16-31(17-21-33)26-27-41(5,6)40(2,3)4/h7,10-11,14-25,42H,1,8-9,12-13,26-30H2,2-6H3/b44-43+. The highest BCUT2D eigenvalue weighted by Gasteiger charge is 2.32. The van der Waals surface area contributed by atoms with Crippen molar-refractivity contribution < 1.29 is 14.3 Å². The molecular formula is C41H51N3O3. The van der Waals surface area contributed by atoms with E-state index in [0.717, 1.165) is 72.1 Å². The Labute approximate surface area is 281 Å². The number of azo groups is 1.